The molecule has 17 heavy (non-hydrogen) atoms. The van der Waals surface area contributed by atoms with Crippen molar-refractivity contribution in [2.45, 2.75) is 51.6 Å². The molecule has 0 aromatic heterocycles. The van der Waals surface area contributed by atoms with Crippen molar-refractivity contribution in [2.75, 3.05) is 0 Å². The standard InChI is InChI=1S/C14H20F2O/c1-3-4-5-8-14(2,17)10-11-6-7-12(15)9-13(11)16/h6-7,9,17H,3-5,8,10H2,1-2H3. The van der Waals surface area contributed by atoms with Crippen LogP contribution in [0.1, 0.15) is 45.1 Å². The largest absolute Gasteiger partial charge is 0.390 e. The zero-order valence-electron chi connectivity index (χ0n) is 10.5. The van der Waals surface area contributed by atoms with Crippen molar-refractivity contribution in [1.29, 1.82) is 0 Å². The smallest absolute Gasteiger partial charge is 0.129 e. The van der Waals surface area contributed by atoms with Gasteiger partial charge in [-0.25, -0.2) is 8.78 Å². The van der Waals surface area contributed by atoms with Crippen LogP contribution in [0.2, 0.25) is 0 Å². The molecule has 1 aromatic rings. The normalized spacial score (nSPS) is 14.6. The fourth-order valence-corrected chi connectivity index (χ4v) is 1.92. The van der Waals surface area contributed by atoms with E-state index in [9.17, 15) is 13.9 Å². The van der Waals surface area contributed by atoms with Crippen LogP contribution in [0.15, 0.2) is 18.2 Å². The fraction of sp³-hybridized carbons (Fsp3) is 0.571. The third kappa shape index (κ3) is 4.82. The summed E-state index contributed by atoms with van der Waals surface area (Å²) in [4.78, 5) is 0. The summed E-state index contributed by atoms with van der Waals surface area (Å²) in [6.45, 7) is 3.79. The van der Waals surface area contributed by atoms with E-state index in [1.165, 1.54) is 12.1 Å². The maximum absolute atomic E-state index is 13.4. The molecule has 1 N–H and O–H groups in total. The van der Waals surface area contributed by atoms with Gasteiger partial charge in [-0.2, -0.15) is 0 Å². The van der Waals surface area contributed by atoms with Crippen LogP contribution in [0.5, 0.6) is 0 Å². The molecule has 0 saturated heterocycles. The third-order valence-electron chi connectivity index (χ3n) is 2.91. The summed E-state index contributed by atoms with van der Waals surface area (Å²) in [5.41, 5.74) is -0.554. The van der Waals surface area contributed by atoms with Crippen LogP contribution in [-0.4, -0.2) is 10.7 Å². The topological polar surface area (TPSA) is 20.2 Å². The zero-order chi connectivity index (χ0) is 12.9. The van der Waals surface area contributed by atoms with Gasteiger partial charge in [-0.05, 0) is 25.0 Å². The molecule has 0 aliphatic carbocycles. The summed E-state index contributed by atoms with van der Waals surface area (Å²) >= 11 is 0. The molecule has 0 heterocycles. The van der Waals surface area contributed by atoms with Crippen molar-refractivity contribution in [2.24, 2.45) is 0 Å². The van der Waals surface area contributed by atoms with Crippen LogP contribution in [-0.2, 0) is 6.42 Å². The second kappa shape index (κ2) is 6.10. The molecule has 0 spiro atoms. The first-order chi connectivity index (χ1) is 7.94. The Morgan fingerprint density at radius 2 is 1.94 bits per heavy atom. The van der Waals surface area contributed by atoms with Gasteiger partial charge in [-0.1, -0.05) is 32.3 Å². The van der Waals surface area contributed by atoms with Crippen molar-refractivity contribution < 1.29 is 13.9 Å². The highest BCUT2D eigenvalue weighted by Gasteiger charge is 2.22. The molecule has 0 fully saturated rings. The Kier molecular flexibility index (Phi) is 5.06. The van der Waals surface area contributed by atoms with E-state index in [2.05, 4.69) is 6.92 Å². The Morgan fingerprint density at radius 1 is 1.24 bits per heavy atom. The molecule has 1 nitrogen and oxygen atoms in total. The molecule has 0 saturated carbocycles. The Hall–Kier alpha value is -0.960. The van der Waals surface area contributed by atoms with Crippen molar-refractivity contribution >= 4 is 0 Å². The van der Waals surface area contributed by atoms with Gasteiger partial charge in [0.2, 0.25) is 0 Å². The summed E-state index contributed by atoms with van der Waals surface area (Å²) in [7, 11) is 0. The third-order valence-corrected chi connectivity index (χ3v) is 2.91. The lowest BCUT2D eigenvalue weighted by molar-refractivity contribution is 0.0477. The Bertz CT molecular complexity index is 361. The van der Waals surface area contributed by atoms with Crippen LogP contribution in [0.25, 0.3) is 0 Å². The monoisotopic (exact) mass is 242 g/mol. The lowest BCUT2D eigenvalue weighted by Crippen LogP contribution is -2.27. The first kappa shape index (κ1) is 14.1. The average Bonchev–Trinajstić information content (AvgIpc) is 2.22. The minimum atomic E-state index is -0.923. The van der Waals surface area contributed by atoms with Crippen LogP contribution >= 0.6 is 0 Å². The minimum Gasteiger partial charge on any atom is -0.390 e. The van der Waals surface area contributed by atoms with Gasteiger partial charge in [0.25, 0.3) is 0 Å². The molecule has 0 aliphatic heterocycles. The molecule has 1 atom stereocenters. The van der Waals surface area contributed by atoms with Crippen LogP contribution in [0.3, 0.4) is 0 Å². The maximum atomic E-state index is 13.4. The number of aliphatic hydroxyl groups is 1. The average molecular weight is 242 g/mol. The molecular weight excluding hydrogens is 222 g/mol. The summed E-state index contributed by atoms with van der Waals surface area (Å²) in [5.74, 6) is -1.17. The van der Waals surface area contributed by atoms with Crippen molar-refractivity contribution in [3.05, 3.63) is 35.4 Å². The number of halogens is 2. The highest BCUT2D eigenvalue weighted by atomic mass is 19.1. The van der Waals surface area contributed by atoms with Crippen molar-refractivity contribution in [3.63, 3.8) is 0 Å². The zero-order valence-corrected chi connectivity index (χ0v) is 10.5. The Balaban J connectivity index is 2.62. The van der Waals surface area contributed by atoms with Gasteiger partial charge in [-0.15, -0.1) is 0 Å². The van der Waals surface area contributed by atoms with Gasteiger partial charge in [0.05, 0.1) is 5.60 Å². The van der Waals surface area contributed by atoms with Gasteiger partial charge < -0.3 is 5.11 Å². The van der Waals surface area contributed by atoms with Crippen molar-refractivity contribution in [1.82, 2.24) is 0 Å². The van der Waals surface area contributed by atoms with Gasteiger partial charge in [-0.3, -0.25) is 0 Å². The molecule has 0 aliphatic rings. The molecule has 1 unspecified atom stereocenters. The number of hydrogen-bond donors (Lipinski definition) is 1. The fourth-order valence-electron chi connectivity index (χ4n) is 1.92. The minimum absolute atomic E-state index is 0.225. The van der Waals surface area contributed by atoms with Crippen LogP contribution in [0.4, 0.5) is 8.78 Å². The number of rotatable bonds is 6. The SMILES string of the molecule is CCCCCC(C)(O)Cc1ccc(F)cc1F. The molecule has 3 heteroatoms. The van der Waals surface area contributed by atoms with E-state index in [-0.39, 0.29) is 6.42 Å². The van der Waals surface area contributed by atoms with E-state index in [1.807, 2.05) is 0 Å². The van der Waals surface area contributed by atoms with Crippen LogP contribution < -0.4 is 0 Å². The van der Waals surface area contributed by atoms with E-state index in [0.29, 0.717) is 12.0 Å². The second-order valence-electron chi connectivity index (χ2n) is 4.87. The molecular formula is C14H20F2O. The summed E-state index contributed by atoms with van der Waals surface area (Å²) < 4.78 is 26.1. The molecule has 0 bridgehead atoms. The Labute approximate surface area is 101 Å². The van der Waals surface area contributed by atoms with Crippen LogP contribution in [0, 0.1) is 11.6 Å². The summed E-state index contributed by atoms with van der Waals surface area (Å²) in [5, 5.41) is 10.1. The van der Waals surface area contributed by atoms with E-state index in [4.69, 9.17) is 0 Å². The highest BCUT2D eigenvalue weighted by molar-refractivity contribution is 5.20. The Morgan fingerprint density at radius 3 is 2.53 bits per heavy atom. The van der Waals surface area contributed by atoms with Gasteiger partial charge in [0.15, 0.2) is 0 Å². The first-order valence-electron chi connectivity index (χ1n) is 6.11. The maximum Gasteiger partial charge on any atom is 0.129 e. The molecule has 96 valence electrons. The number of unbranched alkanes of at least 4 members (excludes halogenated alkanes) is 2. The van der Waals surface area contributed by atoms with E-state index in [1.54, 1.807) is 6.92 Å². The quantitative estimate of drug-likeness (QED) is 0.751. The molecule has 0 radical (unpaired) electrons. The van der Waals surface area contributed by atoms with Gasteiger partial charge in [0.1, 0.15) is 11.6 Å². The first-order valence-corrected chi connectivity index (χ1v) is 6.11. The van der Waals surface area contributed by atoms with E-state index >= 15 is 0 Å². The molecule has 1 rings (SSSR count). The number of benzene rings is 1. The lowest BCUT2D eigenvalue weighted by Gasteiger charge is -2.23. The van der Waals surface area contributed by atoms with Crippen molar-refractivity contribution in [3.8, 4) is 0 Å². The number of hydrogen-bond acceptors (Lipinski definition) is 1. The van der Waals surface area contributed by atoms with E-state index < -0.39 is 17.2 Å². The van der Waals surface area contributed by atoms with Gasteiger partial charge >= 0.3 is 0 Å². The van der Waals surface area contributed by atoms with E-state index in [0.717, 1.165) is 25.3 Å². The predicted molar refractivity (Wildman–Crippen MR) is 64.8 cm³/mol. The second-order valence-corrected chi connectivity index (χ2v) is 4.87. The molecule has 0 amide bonds. The van der Waals surface area contributed by atoms with Gasteiger partial charge in [0, 0.05) is 12.5 Å². The molecule has 1 aromatic carbocycles. The lowest BCUT2D eigenvalue weighted by atomic mass is 9.91. The summed E-state index contributed by atoms with van der Waals surface area (Å²) in [6, 6.07) is 3.48. The summed E-state index contributed by atoms with van der Waals surface area (Å²) in [6.07, 6.45) is 3.93. The highest BCUT2D eigenvalue weighted by Crippen LogP contribution is 2.22. The predicted octanol–water partition coefficient (Wildman–Crippen LogP) is 3.84.